The highest BCUT2D eigenvalue weighted by Gasteiger charge is 2.13. The normalized spacial score (nSPS) is 10.2. The first-order chi connectivity index (χ1) is 9.69. The lowest BCUT2D eigenvalue weighted by atomic mass is 10.2. The van der Waals surface area contributed by atoms with Gasteiger partial charge in [-0.1, -0.05) is 6.07 Å². The Morgan fingerprint density at radius 2 is 2.15 bits per heavy atom. The molecule has 0 radical (unpaired) electrons. The first-order valence-corrected chi connectivity index (χ1v) is 6.41. The predicted octanol–water partition coefficient (Wildman–Crippen LogP) is 1.82. The Bertz CT molecular complexity index is 609. The molecule has 2 aromatic rings. The van der Waals surface area contributed by atoms with E-state index in [1.165, 1.54) is 13.4 Å². The third-order valence-electron chi connectivity index (χ3n) is 2.51. The molecule has 0 bridgehead atoms. The number of methoxy groups -OCH3 is 1. The van der Waals surface area contributed by atoms with Crippen molar-refractivity contribution in [2.45, 2.75) is 6.61 Å². The summed E-state index contributed by atoms with van der Waals surface area (Å²) in [7, 11) is 1.52. The van der Waals surface area contributed by atoms with Gasteiger partial charge in [0, 0.05) is 0 Å². The second-order valence-corrected chi connectivity index (χ2v) is 4.52. The predicted molar refractivity (Wildman–Crippen MR) is 76.5 cm³/mol. The van der Waals surface area contributed by atoms with Crippen LogP contribution in [0.25, 0.3) is 0 Å². The van der Waals surface area contributed by atoms with Gasteiger partial charge in [0.05, 0.1) is 13.7 Å². The highest BCUT2D eigenvalue weighted by Crippen LogP contribution is 2.36. The van der Waals surface area contributed by atoms with Gasteiger partial charge in [0.15, 0.2) is 17.3 Å². The number of nitrogens with two attached hydrogens (primary N) is 1. The first-order valence-electron chi connectivity index (χ1n) is 5.62. The third-order valence-corrected chi connectivity index (χ3v) is 3.23. The first kappa shape index (κ1) is 14.5. The van der Waals surface area contributed by atoms with Crippen LogP contribution < -0.4 is 20.7 Å². The zero-order chi connectivity index (χ0) is 14.5. The van der Waals surface area contributed by atoms with Gasteiger partial charge in [-0.2, -0.15) is 0 Å². The zero-order valence-corrected chi connectivity index (χ0v) is 12.2. The van der Waals surface area contributed by atoms with Crippen molar-refractivity contribution in [1.29, 1.82) is 0 Å². The number of hydrogen-bond acceptors (Lipinski definition) is 7. The molecule has 7 nitrogen and oxygen atoms in total. The largest absolute Gasteiger partial charge is 0.493 e. The molecule has 2 rings (SSSR count). The van der Waals surface area contributed by atoms with Crippen molar-refractivity contribution in [3.8, 4) is 17.4 Å². The molecule has 0 atom stereocenters. The van der Waals surface area contributed by atoms with Gasteiger partial charge in [0.2, 0.25) is 5.88 Å². The Morgan fingerprint density at radius 1 is 1.35 bits per heavy atom. The Balaban J connectivity index is 2.35. The number of ether oxygens (including phenoxy) is 2. The Kier molecular flexibility index (Phi) is 4.72. The fourth-order valence-corrected chi connectivity index (χ4v) is 1.92. The SMILES string of the molecule is COc1cc(CO)ccc1Oc1ncnc(NN)c1Br. The van der Waals surface area contributed by atoms with Crippen molar-refractivity contribution >= 4 is 21.7 Å². The maximum Gasteiger partial charge on any atom is 0.239 e. The number of aromatic nitrogens is 2. The maximum absolute atomic E-state index is 9.10. The van der Waals surface area contributed by atoms with Crippen molar-refractivity contribution in [3.63, 3.8) is 0 Å². The number of benzene rings is 1. The van der Waals surface area contributed by atoms with Crippen molar-refractivity contribution in [3.05, 3.63) is 34.6 Å². The molecular weight excluding hydrogens is 328 g/mol. The second kappa shape index (κ2) is 6.51. The van der Waals surface area contributed by atoms with E-state index >= 15 is 0 Å². The summed E-state index contributed by atoms with van der Waals surface area (Å²) in [6.45, 7) is -0.0743. The van der Waals surface area contributed by atoms with E-state index in [0.717, 1.165) is 5.56 Å². The number of anilines is 1. The lowest BCUT2D eigenvalue weighted by molar-refractivity contribution is 0.280. The van der Waals surface area contributed by atoms with Gasteiger partial charge < -0.3 is 20.0 Å². The topological polar surface area (TPSA) is 103 Å². The van der Waals surface area contributed by atoms with Crippen LogP contribution in [0, 0.1) is 0 Å². The van der Waals surface area contributed by atoms with Crippen LogP contribution in [0.5, 0.6) is 17.4 Å². The van der Waals surface area contributed by atoms with Gasteiger partial charge in [0.25, 0.3) is 0 Å². The number of aliphatic hydroxyl groups is 1. The number of nitrogens with zero attached hydrogens (tertiary/aromatic N) is 2. The third kappa shape index (κ3) is 2.98. The van der Waals surface area contributed by atoms with Crippen molar-refractivity contribution < 1.29 is 14.6 Å². The summed E-state index contributed by atoms with van der Waals surface area (Å²) in [4.78, 5) is 7.95. The summed E-state index contributed by atoms with van der Waals surface area (Å²) in [6, 6.07) is 5.11. The van der Waals surface area contributed by atoms with E-state index < -0.39 is 0 Å². The highest BCUT2D eigenvalue weighted by molar-refractivity contribution is 9.10. The number of hydrogen-bond donors (Lipinski definition) is 3. The van der Waals surface area contributed by atoms with Gasteiger partial charge in [-0.25, -0.2) is 15.8 Å². The van der Waals surface area contributed by atoms with Crippen LogP contribution in [0.2, 0.25) is 0 Å². The molecule has 20 heavy (non-hydrogen) atoms. The average molecular weight is 341 g/mol. The zero-order valence-electron chi connectivity index (χ0n) is 10.6. The summed E-state index contributed by atoms with van der Waals surface area (Å²) in [5.41, 5.74) is 3.15. The summed E-state index contributed by atoms with van der Waals surface area (Å²) >= 11 is 3.30. The number of nitrogen functional groups attached to an aromatic ring is 1. The fourth-order valence-electron chi connectivity index (χ4n) is 1.52. The number of hydrazine groups is 1. The second-order valence-electron chi connectivity index (χ2n) is 3.73. The van der Waals surface area contributed by atoms with Crippen LogP contribution in [0.15, 0.2) is 29.0 Å². The van der Waals surface area contributed by atoms with E-state index in [1.54, 1.807) is 18.2 Å². The molecule has 0 saturated heterocycles. The van der Waals surface area contributed by atoms with E-state index in [-0.39, 0.29) is 6.61 Å². The molecule has 0 aliphatic carbocycles. The highest BCUT2D eigenvalue weighted by atomic mass is 79.9. The lowest BCUT2D eigenvalue weighted by Gasteiger charge is -2.12. The van der Waals surface area contributed by atoms with E-state index in [4.69, 9.17) is 20.4 Å². The smallest absolute Gasteiger partial charge is 0.239 e. The Labute approximate surface area is 123 Å². The monoisotopic (exact) mass is 340 g/mol. The Hall–Kier alpha value is -1.90. The quantitative estimate of drug-likeness (QED) is 0.563. The molecule has 0 fully saturated rings. The molecule has 1 aromatic heterocycles. The Morgan fingerprint density at radius 3 is 2.80 bits per heavy atom. The minimum absolute atomic E-state index is 0.0743. The lowest BCUT2D eigenvalue weighted by Crippen LogP contribution is -2.10. The van der Waals surface area contributed by atoms with Gasteiger partial charge in [-0.3, -0.25) is 0 Å². The minimum atomic E-state index is -0.0743. The molecule has 1 aromatic carbocycles. The van der Waals surface area contributed by atoms with E-state index in [9.17, 15) is 0 Å². The summed E-state index contributed by atoms with van der Waals surface area (Å²) in [6.07, 6.45) is 1.32. The van der Waals surface area contributed by atoms with Crippen LogP contribution in [0.4, 0.5) is 5.82 Å². The van der Waals surface area contributed by atoms with Crippen molar-refractivity contribution in [2.75, 3.05) is 12.5 Å². The molecule has 0 saturated carbocycles. The number of rotatable bonds is 5. The molecule has 1 heterocycles. The molecule has 0 unspecified atom stereocenters. The van der Waals surface area contributed by atoms with E-state index in [1.807, 2.05) is 0 Å². The number of nitrogens with one attached hydrogen (secondary N) is 1. The van der Waals surface area contributed by atoms with Crippen LogP contribution in [0.1, 0.15) is 5.56 Å². The summed E-state index contributed by atoms with van der Waals surface area (Å²) in [5.74, 6) is 6.98. The van der Waals surface area contributed by atoms with Gasteiger partial charge in [0.1, 0.15) is 10.8 Å². The number of aliphatic hydroxyl groups excluding tert-OH is 1. The van der Waals surface area contributed by atoms with Crippen LogP contribution in [-0.4, -0.2) is 22.2 Å². The molecule has 106 valence electrons. The molecule has 8 heteroatoms. The molecular formula is C12H13BrN4O3. The minimum Gasteiger partial charge on any atom is -0.493 e. The van der Waals surface area contributed by atoms with Crippen molar-refractivity contribution in [2.24, 2.45) is 5.84 Å². The van der Waals surface area contributed by atoms with Crippen LogP contribution >= 0.6 is 15.9 Å². The molecule has 0 aliphatic heterocycles. The van der Waals surface area contributed by atoms with E-state index in [2.05, 4.69) is 31.3 Å². The van der Waals surface area contributed by atoms with Crippen LogP contribution in [0.3, 0.4) is 0 Å². The van der Waals surface area contributed by atoms with Gasteiger partial charge in [-0.05, 0) is 33.6 Å². The standard InChI is InChI=1S/C12H13BrN4O3/c1-19-9-4-7(5-18)2-3-8(9)20-12-10(13)11(17-14)15-6-16-12/h2-4,6,18H,5,14H2,1H3,(H,15,16,17). The number of halogens is 1. The fraction of sp³-hybridized carbons (Fsp3) is 0.167. The van der Waals surface area contributed by atoms with Gasteiger partial charge in [-0.15, -0.1) is 0 Å². The summed E-state index contributed by atoms with van der Waals surface area (Å²) in [5, 5.41) is 9.10. The van der Waals surface area contributed by atoms with Crippen LogP contribution in [-0.2, 0) is 6.61 Å². The van der Waals surface area contributed by atoms with Crippen molar-refractivity contribution in [1.82, 2.24) is 9.97 Å². The maximum atomic E-state index is 9.10. The van der Waals surface area contributed by atoms with E-state index in [0.29, 0.717) is 27.7 Å². The molecule has 0 aliphatic rings. The summed E-state index contributed by atoms with van der Waals surface area (Å²) < 4.78 is 11.4. The molecule has 0 amide bonds. The average Bonchev–Trinajstić information content (AvgIpc) is 2.49. The molecule has 4 N–H and O–H groups in total. The van der Waals surface area contributed by atoms with Gasteiger partial charge >= 0.3 is 0 Å². The molecule has 0 spiro atoms.